The van der Waals surface area contributed by atoms with Crippen molar-refractivity contribution >= 4 is 17.3 Å². The third-order valence-corrected chi connectivity index (χ3v) is 3.05. The molecule has 0 fully saturated rings. The highest BCUT2D eigenvalue weighted by Gasteiger charge is 2.07. The Morgan fingerprint density at radius 1 is 1.12 bits per heavy atom. The fraction of sp³-hybridized carbons (Fsp3) is 0.923. The summed E-state index contributed by atoms with van der Waals surface area (Å²) in [6, 6.07) is 0. The molecule has 0 aromatic rings. The second-order valence-corrected chi connectivity index (χ2v) is 5.56. The van der Waals surface area contributed by atoms with E-state index in [9.17, 15) is 0 Å². The molecule has 0 aliphatic rings. The van der Waals surface area contributed by atoms with Gasteiger partial charge in [0.25, 0.3) is 0 Å². The summed E-state index contributed by atoms with van der Waals surface area (Å²) in [4.78, 5) is 2.26. The van der Waals surface area contributed by atoms with Crippen LogP contribution in [0.1, 0.15) is 47.5 Å². The fourth-order valence-corrected chi connectivity index (χ4v) is 1.72. The molecule has 0 radical (unpaired) electrons. The van der Waals surface area contributed by atoms with Crippen molar-refractivity contribution in [1.82, 2.24) is 10.2 Å². The van der Waals surface area contributed by atoms with Gasteiger partial charge in [-0.1, -0.05) is 27.7 Å². The maximum absolute atomic E-state index is 5.39. The van der Waals surface area contributed by atoms with Gasteiger partial charge in [-0.15, -0.1) is 0 Å². The number of nitrogens with zero attached hydrogens (tertiary/aromatic N) is 1. The van der Waals surface area contributed by atoms with Gasteiger partial charge >= 0.3 is 0 Å². The van der Waals surface area contributed by atoms with Crippen LogP contribution in [0.4, 0.5) is 0 Å². The van der Waals surface area contributed by atoms with Gasteiger partial charge in [-0.05, 0) is 43.8 Å². The van der Waals surface area contributed by atoms with E-state index in [0.717, 1.165) is 36.6 Å². The molecular weight excluding hydrogens is 216 g/mol. The third-order valence-electron chi connectivity index (χ3n) is 2.64. The van der Waals surface area contributed by atoms with Crippen LogP contribution in [0.2, 0.25) is 0 Å². The Kier molecular flexibility index (Phi) is 8.63. The van der Waals surface area contributed by atoms with Crippen molar-refractivity contribution in [2.24, 2.45) is 11.8 Å². The van der Waals surface area contributed by atoms with E-state index < -0.39 is 0 Å². The Bertz CT molecular complexity index is 190. The molecule has 0 aromatic heterocycles. The van der Waals surface area contributed by atoms with E-state index in [4.69, 9.17) is 12.2 Å². The largest absolute Gasteiger partial charge is 0.363 e. The second-order valence-electron chi connectivity index (χ2n) is 5.18. The van der Waals surface area contributed by atoms with E-state index in [1.807, 2.05) is 0 Å². The summed E-state index contributed by atoms with van der Waals surface area (Å²) in [5.41, 5.74) is 0. The molecule has 0 aliphatic heterocycles. The summed E-state index contributed by atoms with van der Waals surface area (Å²) >= 11 is 5.39. The van der Waals surface area contributed by atoms with E-state index >= 15 is 0 Å². The number of hydrogen-bond donors (Lipinski definition) is 1. The van der Waals surface area contributed by atoms with Crippen LogP contribution < -0.4 is 5.32 Å². The molecule has 0 amide bonds. The monoisotopic (exact) mass is 244 g/mol. The average molecular weight is 244 g/mol. The molecule has 0 rings (SSSR count). The van der Waals surface area contributed by atoms with Gasteiger partial charge in [0.2, 0.25) is 0 Å². The highest BCUT2D eigenvalue weighted by atomic mass is 32.1. The molecule has 0 heterocycles. The molecule has 0 atom stereocenters. The first-order valence-electron chi connectivity index (χ1n) is 6.50. The molecule has 0 bridgehead atoms. The summed E-state index contributed by atoms with van der Waals surface area (Å²) in [6.07, 6.45) is 2.39. The predicted molar refractivity (Wildman–Crippen MR) is 76.8 cm³/mol. The molecule has 0 unspecified atom stereocenters. The van der Waals surface area contributed by atoms with Crippen molar-refractivity contribution in [2.75, 3.05) is 19.6 Å². The maximum Gasteiger partial charge on any atom is 0.168 e. The summed E-state index contributed by atoms with van der Waals surface area (Å²) in [5.74, 6) is 1.48. The van der Waals surface area contributed by atoms with Gasteiger partial charge in [-0.25, -0.2) is 0 Å². The lowest BCUT2D eigenvalue weighted by Gasteiger charge is -2.25. The second kappa shape index (κ2) is 8.80. The van der Waals surface area contributed by atoms with E-state index in [-0.39, 0.29) is 0 Å². The molecule has 0 aromatic carbocycles. The first-order chi connectivity index (χ1) is 7.47. The quantitative estimate of drug-likeness (QED) is 0.692. The van der Waals surface area contributed by atoms with E-state index in [1.54, 1.807) is 0 Å². The number of hydrogen-bond acceptors (Lipinski definition) is 1. The molecule has 0 saturated carbocycles. The van der Waals surface area contributed by atoms with Gasteiger partial charge in [0.1, 0.15) is 0 Å². The minimum Gasteiger partial charge on any atom is -0.363 e. The van der Waals surface area contributed by atoms with Crippen LogP contribution in [-0.4, -0.2) is 29.6 Å². The minimum atomic E-state index is 0.737. The van der Waals surface area contributed by atoms with Gasteiger partial charge in [0, 0.05) is 19.6 Å². The summed E-state index contributed by atoms with van der Waals surface area (Å²) < 4.78 is 0. The van der Waals surface area contributed by atoms with Crippen LogP contribution >= 0.6 is 12.2 Å². The Balaban J connectivity index is 3.82. The zero-order valence-electron chi connectivity index (χ0n) is 11.5. The molecule has 1 N–H and O–H groups in total. The zero-order chi connectivity index (χ0) is 12.6. The smallest absolute Gasteiger partial charge is 0.168 e. The van der Waals surface area contributed by atoms with Crippen molar-refractivity contribution in [3.8, 4) is 0 Å². The van der Waals surface area contributed by atoms with Crippen LogP contribution in [0, 0.1) is 11.8 Å². The number of rotatable bonds is 7. The van der Waals surface area contributed by atoms with Crippen molar-refractivity contribution in [3.63, 3.8) is 0 Å². The third kappa shape index (κ3) is 7.91. The SMILES string of the molecule is CCN(CCC(C)C)C(=S)NCCC(C)C. The lowest BCUT2D eigenvalue weighted by Crippen LogP contribution is -2.41. The Morgan fingerprint density at radius 2 is 1.69 bits per heavy atom. The summed E-state index contributed by atoms with van der Waals surface area (Å²) in [7, 11) is 0. The highest BCUT2D eigenvalue weighted by molar-refractivity contribution is 7.80. The Morgan fingerprint density at radius 3 is 2.12 bits per heavy atom. The number of thiocarbonyl (C=S) groups is 1. The lowest BCUT2D eigenvalue weighted by molar-refractivity contribution is 0.389. The maximum atomic E-state index is 5.39. The standard InChI is InChI=1S/C13H28N2S/c1-6-15(10-8-12(4)5)13(16)14-9-7-11(2)3/h11-12H,6-10H2,1-5H3,(H,14,16). The normalized spacial score (nSPS) is 10.9. The van der Waals surface area contributed by atoms with Crippen molar-refractivity contribution in [1.29, 1.82) is 0 Å². The first-order valence-corrected chi connectivity index (χ1v) is 6.90. The molecule has 0 aliphatic carbocycles. The van der Waals surface area contributed by atoms with Crippen molar-refractivity contribution in [3.05, 3.63) is 0 Å². The van der Waals surface area contributed by atoms with Gasteiger partial charge in [0.15, 0.2) is 5.11 Å². The van der Waals surface area contributed by atoms with Gasteiger partial charge in [0.05, 0.1) is 0 Å². The molecule has 2 nitrogen and oxygen atoms in total. The molecule has 0 saturated heterocycles. The predicted octanol–water partition coefficient (Wildman–Crippen LogP) is 3.28. The van der Waals surface area contributed by atoms with Gasteiger partial charge < -0.3 is 10.2 Å². The van der Waals surface area contributed by atoms with Crippen molar-refractivity contribution in [2.45, 2.75) is 47.5 Å². The van der Waals surface area contributed by atoms with Crippen LogP contribution in [0.25, 0.3) is 0 Å². The Hall–Kier alpha value is -0.310. The van der Waals surface area contributed by atoms with Crippen LogP contribution in [0.5, 0.6) is 0 Å². The first kappa shape index (κ1) is 15.7. The average Bonchev–Trinajstić information content (AvgIpc) is 2.17. The summed E-state index contributed by atoms with van der Waals surface area (Å²) in [5, 5.41) is 4.27. The van der Waals surface area contributed by atoms with E-state index in [0.29, 0.717) is 0 Å². The minimum absolute atomic E-state index is 0.737. The zero-order valence-corrected chi connectivity index (χ0v) is 12.4. The number of nitrogens with one attached hydrogen (secondary N) is 1. The topological polar surface area (TPSA) is 15.3 Å². The fourth-order valence-electron chi connectivity index (χ4n) is 1.40. The van der Waals surface area contributed by atoms with Crippen LogP contribution in [-0.2, 0) is 0 Å². The molecule has 96 valence electrons. The Labute approximate surface area is 107 Å². The van der Waals surface area contributed by atoms with Crippen LogP contribution in [0.3, 0.4) is 0 Å². The molecule has 0 spiro atoms. The van der Waals surface area contributed by atoms with Gasteiger partial charge in [-0.2, -0.15) is 0 Å². The molecule has 16 heavy (non-hydrogen) atoms. The van der Waals surface area contributed by atoms with Gasteiger partial charge in [-0.3, -0.25) is 0 Å². The van der Waals surface area contributed by atoms with Crippen molar-refractivity contribution < 1.29 is 0 Å². The van der Waals surface area contributed by atoms with E-state index in [1.165, 1.54) is 12.8 Å². The summed E-state index contributed by atoms with van der Waals surface area (Å²) in [6.45, 7) is 14.2. The van der Waals surface area contributed by atoms with Crippen LogP contribution in [0.15, 0.2) is 0 Å². The molecule has 3 heteroatoms. The molecular formula is C13H28N2S. The van der Waals surface area contributed by atoms with E-state index in [2.05, 4.69) is 44.8 Å². The lowest BCUT2D eigenvalue weighted by atomic mass is 10.1. The highest BCUT2D eigenvalue weighted by Crippen LogP contribution is 2.03.